The number of hydrogen-bond acceptors (Lipinski definition) is 0. The van der Waals surface area contributed by atoms with E-state index in [-0.39, 0.29) is 109 Å². The molecule has 0 unspecified atom stereocenters. The van der Waals surface area contributed by atoms with Gasteiger partial charge in [-0.1, -0.05) is 315 Å². The van der Waals surface area contributed by atoms with Gasteiger partial charge in [-0.25, -0.2) is 0 Å². The maximum Gasteiger partial charge on any atom is 2.00 e. The molecule has 0 saturated heterocycles. The summed E-state index contributed by atoms with van der Waals surface area (Å²) in [6.07, 6.45) is 56.2. The topological polar surface area (TPSA) is 0 Å². The molecule has 100 heavy (non-hydrogen) atoms. The fourth-order valence-corrected chi connectivity index (χ4v) is 24.6. The normalized spacial score (nSPS) is 11.2. The monoisotopic (exact) mass is 1620 g/mol. The average molecular weight is 1630 g/mol. The quantitative estimate of drug-likeness (QED) is 0.0203. The maximum absolute atomic E-state index is 2.53. The van der Waals surface area contributed by atoms with Gasteiger partial charge in [-0.3, -0.25) is 0 Å². The number of benzene rings is 4. The van der Waals surface area contributed by atoms with Crippen molar-refractivity contribution in [3.63, 3.8) is 0 Å². The van der Waals surface area contributed by atoms with E-state index in [9.17, 15) is 0 Å². The third-order valence-electron chi connectivity index (χ3n) is 20.9. The Bertz CT molecular complexity index is 2700. The Kier molecular flexibility index (Phi) is 56.0. The van der Waals surface area contributed by atoms with Crippen molar-refractivity contribution < 1.29 is 77.2 Å². The van der Waals surface area contributed by atoms with Crippen LogP contribution in [0.1, 0.15) is 305 Å². The Balaban J connectivity index is 0.000000658. The van der Waals surface area contributed by atoms with E-state index in [4.69, 9.17) is 0 Å². The Hall–Kier alpha value is -0.614. The molecule has 0 aliphatic rings. The summed E-state index contributed by atoms with van der Waals surface area (Å²) >= 11 is 0. The fourth-order valence-electron chi connectivity index (χ4n) is 14.3. The van der Waals surface area contributed by atoms with Crippen molar-refractivity contribution in [3.05, 3.63) is 142 Å². The Morgan fingerprint density at radius 1 is 0.210 bits per heavy atom. The predicted octanol–water partition coefficient (Wildman–Crippen LogP) is 23.8. The van der Waals surface area contributed by atoms with Gasteiger partial charge in [0, 0.05) is 0 Å². The van der Waals surface area contributed by atoms with Crippen molar-refractivity contribution in [3.8, 4) is 0 Å². The van der Waals surface area contributed by atoms with Gasteiger partial charge < -0.3 is 24.8 Å². The van der Waals surface area contributed by atoms with E-state index >= 15 is 0 Å². The van der Waals surface area contributed by atoms with Gasteiger partial charge in [0.15, 0.2) is 0 Å². The van der Waals surface area contributed by atoms with E-state index in [2.05, 4.69) is 208 Å². The van der Waals surface area contributed by atoms with Crippen molar-refractivity contribution in [2.45, 2.75) is 316 Å². The van der Waals surface area contributed by atoms with Crippen LogP contribution in [0.2, 0.25) is 0 Å². The molecule has 0 radical (unpaired) electrons. The molecule has 0 saturated carbocycles. The number of aryl methyl sites for hydroxylation is 8. The minimum atomic E-state index is 0. The standard InChI is InChI=1S/4C23H36P.2ClH.2Zr/c4*1-5-7-9-11-15-24(16-12-10-8-6-2)21-17-22-19(3)13-14-20(4)23(22)18-21;;;;/h4*13-14,17-18H,5-12,15-16H2,1-4H3;2*1H;;/q4*-1;;;2*+2/p-2. The van der Waals surface area contributed by atoms with Gasteiger partial charge in [-0.15, -0.1) is 135 Å². The van der Waals surface area contributed by atoms with Crippen LogP contribution in [0.15, 0.2) is 97.1 Å². The van der Waals surface area contributed by atoms with Crippen LogP contribution in [0.5, 0.6) is 0 Å². The van der Waals surface area contributed by atoms with Gasteiger partial charge >= 0.3 is 52.4 Å². The smallest absolute Gasteiger partial charge is 1.00 e. The minimum absolute atomic E-state index is 0. The van der Waals surface area contributed by atoms with Gasteiger partial charge in [0.05, 0.1) is 0 Å². The van der Waals surface area contributed by atoms with Crippen LogP contribution in [0, 0.1) is 55.4 Å². The maximum atomic E-state index is 2.53. The van der Waals surface area contributed by atoms with Crippen LogP contribution in [-0.4, -0.2) is 49.3 Å². The first-order valence-corrected chi connectivity index (χ1v) is 47.2. The van der Waals surface area contributed by atoms with E-state index in [1.54, 1.807) is 21.2 Å². The number of rotatable bonds is 44. The molecule has 0 fully saturated rings. The summed E-state index contributed by atoms with van der Waals surface area (Å²) in [7, 11) is 0.158. The Morgan fingerprint density at radius 3 is 0.480 bits per heavy atom. The Labute approximate surface area is 674 Å². The number of fused-ring (bicyclic) bond motifs is 4. The van der Waals surface area contributed by atoms with Crippen molar-refractivity contribution in [2.24, 2.45) is 0 Å². The van der Waals surface area contributed by atoms with Crippen molar-refractivity contribution in [1.29, 1.82) is 0 Å². The summed E-state index contributed by atoms with van der Waals surface area (Å²) < 4.78 is 0. The van der Waals surface area contributed by atoms with E-state index < -0.39 is 0 Å². The van der Waals surface area contributed by atoms with Gasteiger partial charge in [0.1, 0.15) is 0 Å². The van der Waals surface area contributed by atoms with Gasteiger partial charge in [0.25, 0.3) is 0 Å². The number of halogens is 2. The molecule has 8 aromatic rings. The predicted molar refractivity (Wildman–Crippen MR) is 454 cm³/mol. The van der Waals surface area contributed by atoms with E-state index in [1.165, 1.54) is 342 Å². The molecule has 0 spiro atoms. The van der Waals surface area contributed by atoms with E-state index in [1.807, 2.05) is 0 Å². The molecule has 0 nitrogen and oxygen atoms in total. The molecule has 0 N–H and O–H groups in total. The van der Waals surface area contributed by atoms with Crippen LogP contribution in [0.3, 0.4) is 0 Å². The second kappa shape index (κ2) is 57.5. The molecular weight excluding hydrogens is 1480 g/mol. The van der Waals surface area contributed by atoms with E-state index in [0.29, 0.717) is 0 Å². The fraction of sp³-hybridized carbons (Fsp3) is 0.609. The van der Waals surface area contributed by atoms with Crippen LogP contribution < -0.4 is 46.0 Å². The van der Waals surface area contributed by atoms with E-state index in [0.717, 1.165) is 0 Å². The molecule has 556 valence electrons. The van der Waals surface area contributed by atoms with Gasteiger partial charge in [-0.05, 0) is 128 Å². The van der Waals surface area contributed by atoms with Crippen LogP contribution in [0.4, 0.5) is 0 Å². The molecule has 8 aromatic carbocycles. The summed E-state index contributed by atoms with van der Waals surface area (Å²) in [6.45, 7) is 36.6. The zero-order chi connectivity index (χ0) is 69.5. The molecule has 0 aliphatic carbocycles. The average Bonchev–Trinajstić information content (AvgIpc) is 1.68. The summed E-state index contributed by atoms with van der Waals surface area (Å²) in [5.41, 5.74) is 11.5. The van der Waals surface area contributed by atoms with Crippen LogP contribution >= 0.6 is 31.7 Å². The summed E-state index contributed by atoms with van der Waals surface area (Å²) in [5, 5.41) is 18.7. The third kappa shape index (κ3) is 33.9. The van der Waals surface area contributed by atoms with Gasteiger partial charge in [0.2, 0.25) is 0 Å². The molecule has 0 bridgehead atoms. The number of hydrogen-bond donors (Lipinski definition) is 0. The molecule has 0 atom stereocenters. The zero-order valence-electron chi connectivity index (χ0n) is 67.1. The molecule has 8 heteroatoms. The SMILES string of the molecule is CCCCCCP(CCCCCC)c1cc2c(C)ccc(C)c2[cH-]1.CCCCCCP(CCCCCC)c1cc2c(C)ccc(C)c2[cH-]1.CCCCCCP(CCCCCC)c1cc2c(C)ccc(C)c2[cH-]1.CCCCCCP(CCCCCC)c1cc2c(C)ccc(C)c2[cH-]1.[Cl-].[Cl-].[Zr+2].[Zr+2]. The van der Waals surface area contributed by atoms with Crippen molar-refractivity contribution in [1.82, 2.24) is 0 Å². The van der Waals surface area contributed by atoms with Crippen molar-refractivity contribution in [2.75, 3.05) is 49.3 Å². The second-order valence-electron chi connectivity index (χ2n) is 29.4. The van der Waals surface area contributed by atoms with Crippen molar-refractivity contribution >= 4 is 96.0 Å². The summed E-state index contributed by atoms with van der Waals surface area (Å²) in [5.74, 6) is 0. The van der Waals surface area contributed by atoms with Gasteiger partial charge in [-0.2, -0.15) is 24.3 Å². The van der Waals surface area contributed by atoms with Crippen LogP contribution in [0.25, 0.3) is 43.1 Å². The van der Waals surface area contributed by atoms with Crippen LogP contribution in [-0.2, 0) is 52.4 Å². The largest absolute Gasteiger partial charge is 2.00 e. The third-order valence-corrected chi connectivity index (χ3v) is 31.7. The molecule has 0 heterocycles. The number of unbranched alkanes of at least 4 members (excludes halogenated alkanes) is 24. The second-order valence-corrected chi connectivity index (χ2v) is 39.4. The first kappa shape index (κ1) is 97.4. The molecule has 0 amide bonds. The summed E-state index contributed by atoms with van der Waals surface area (Å²) in [4.78, 5) is 0. The first-order valence-electron chi connectivity index (χ1n) is 40.3. The molecular formula is C92H144Cl2P4Zr2-2. The molecule has 0 aliphatic heterocycles. The Morgan fingerprint density at radius 2 is 0.350 bits per heavy atom. The first-order chi connectivity index (χ1) is 46.7. The summed E-state index contributed by atoms with van der Waals surface area (Å²) in [6, 6.07) is 38.5. The minimum Gasteiger partial charge on any atom is -1.00 e. The zero-order valence-corrected chi connectivity index (χ0v) is 77.1. The molecule has 0 aromatic heterocycles. The molecule has 8 rings (SSSR count).